The highest BCUT2D eigenvalue weighted by Gasteiger charge is 2.42. The fourth-order valence-corrected chi connectivity index (χ4v) is 4.25. The van der Waals surface area contributed by atoms with Crippen LogP contribution < -0.4 is 9.06 Å². The Morgan fingerprint density at radius 2 is 1.32 bits per heavy atom. The van der Waals surface area contributed by atoms with E-state index in [9.17, 15) is 9.59 Å². The second kappa shape index (κ2) is 4.44. The van der Waals surface area contributed by atoms with Crippen molar-refractivity contribution in [1.29, 1.82) is 0 Å². The lowest BCUT2D eigenvalue weighted by Gasteiger charge is -2.22. The van der Waals surface area contributed by atoms with Crippen molar-refractivity contribution in [2.24, 2.45) is 10.8 Å². The predicted octanol–water partition coefficient (Wildman–Crippen LogP) is 2.79. The van der Waals surface area contributed by atoms with E-state index in [0.717, 1.165) is 15.5 Å². The van der Waals surface area contributed by atoms with Crippen LogP contribution in [-0.4, -0.2) is 11.9 Å². The number of carbonyl (C=O) groups excluding carboxylic acids is 2. The van der Waals surface area contributed by atoms with Gasteiger partial charge in [0.25, 0.3) is 0 Å². The molecule has 4 nitrogen and oxygen atoms in total. The molecular formula is C17H20O4S. The van der Waals surface area contributed by atoms with Gasteiger partial charge in [-0.15, -0.1) is 11.3 Å². The highest BCUT2D eigenvalue weighted by molar-refractivity contribution is 7.08. The van der Waals surface area contributed by atoms with Gasteiger partial charge >= 0.3 is 11.9 Å². The van der Waals surface area contributed by atoms with E-state index in [1.54, 1.807) is 0 Å². The maximum absolute atomic E-state index is 12.3. The minimum absolute atomic E-state index is 0.245. The molecule has 0 saturated carbocycles. The molecule has 1 aromatic rings. The molecule has 0 N–H and O–H groups in total. The Kier molecular flexibility index (Phi) is 3.09. The molecule has 118 valence electrons. The molecule has 0 amide bonds. The molecule has 0 radical (unpaired) electrons. The van der Waals surface area contributed by atoms with Crippen molar-refractivity contribution in [2.75, 3.05) is 0 Å². The normalized spacial score (nSPS) is 17.5. The molecule has 0 saturated heterocycles. The third kappa shape index (κ3) is 1.95. The van der Waals surface area contributed by atoms with Crippen LogP contribution >= 0.6 is 11.3 Å². The van der Waals surface area contributed by atoms with Crippen LogP contribution in [0.25, 0.3) is 11.5 Å². The maximum Gasteiger partial charge on any atom is 0.345 e. The molecule has 0 atom stereocenters. The Morgan fingerprint density at radius 1 is 0.864 bits per heavy atom. The van der Waals surface area contributed by atoms with Crippen molar-refractivity contribution in [1.82, 2.24) is 0 Å². The molecule has 1 aromatic heterocycles. The number of fused-ring (bicyclic) bond motifs is 3. The van der Waals surface area contributed by atoms with Crippen LogP contribution in [0, 0.1) is 10.8 Å². The summed E-state index contributed by atoms with van der Waals surface area (Å²) in [4.78, 5) is 24.6. The smallest absolute Gasteiger partial charge is 0.345 e. The molecule has 0 spiro atoms. The van der Waals surface area contributed by atoms with Gasteiger partial charge in [-0.2, -0.15) is 0 Å². The zero-order chi connectivity index (χ0) is 16.4. The van der Waals surface area contributed by atoms with E-state index in [0.29, 0.717) is 22.6 Å². The monoisotopic (exact) mass is 320 g/mol. The molecular weight excluding hydrogens is 300 g/mol. The van der Waals surface area contributed by atoms with Gasteiger partial charge in [0.2, 0.25) is 0 Å². The molecule has 0 bridgehead atoms. The van der Waals surface area contributed by atoms with Crippen LogP contribution in [0.1, 0.15) is 68.7 Å². The molecule has 0 unspecified atom stereocenters. The van der Waals surface area contributed by atoms with E-state index in [1.165, 1.54) is 11.3 Å². The van der Waals surface area contributed by atoms with Gasteiger partial charge in [-0.05, 0) is 6.42 Å². The van der Waals surface area contributed by atoms with Crippen LogP contribution in [0.15, 0.2) is 0 Å². The number of rotatable bonds is 2. The zero-order valence-electron chi connectivity index (χ0n) is 13.7. The number of thiophene rings is 1. The summed E-state index contributed by atoms with van der Waals surface area (Å²) in [5.41, 5.74) is 0.243. The average Bonchev–Trinajstić information content (AvgIpc) is 3.01. The van der Waals surface area contributed by atoms with E-state index in [4.69, 9.17) is 9.47 Å². The number of cyclic esters (lactones) is 2. The van der Waals surface area contributed by atoms with Gasteiger partial charge in [-0.3, -0.25) is 0 Å². The topological polar surface area (TPSA) is 52.6 Å². The number of esters is 2. The summed E-state index contributed by atoms with van der Waals surface area (Å²) >= 11 is 1.44. The zero-order valence-corrected chi connectivity index (χ0v) is 14.6. The largest absolute Gasteiger partial charge is 0.425 e. The minimum atomic E-state index is -0.440. The van der Waals surface area contributed by atoms with E-state index < -0.39 is 11.9 Å². The summed E-state index contributed by atoms with van der Waals surface area (Å²) in [6.07, 6.45) is 0.845. The molecule has 0 aliphatic carbocycles. The molecule has 3 rings (SSSR count). The predicted molar refractivity (Wildman–Crippen MR) is 84.7 cm³/mol. The summed E-state index contributed by atoms with van der Waals surface area (Å²) in [5.74, 6) is 0.449. The van der Waals surface area contributed by atoms with Crippen molar-refractivity contribution in [2.45, 2.75) is 48.0 Å². The molecule has 2 aliphatic rings. The first-order valence-electron chi connectivity index (χ1n) is 7.44. The third-order valence-electron chi connectivity index (χ3n) is 4.30. The average molecular weight is 320 g/mol. The van der Waals surface area contributed by atoms with E-state index in [-0.39, 0.29) is 10.8 Å². The number of hydrogen-bond donors (Lipinski definition) is 0. The van der Waals surface area contributed by atoms with Crippen molar-refractivity contribution in [3.63, 3.8) is 0 Å². The van der Waals surface area contributed by atoms with Crippen molar-refractivity contribution in [3.05, 3.63) is 20.2 Å². The van der Waals surface area contributed by atoms with Gasteiger partial charge in [0.05, 0.1) is 20.2 Å². The molecule has 2 aliphatic heterocycles. The summed E-state index contributed by atoms with van der Waals surface area (Å²) < 4.78 is 12.5. The lowest BCUT2D eigenvalue weighted by atomic mass is 9.88. The third-order valence-corrected chi connectivity index (χ3v) is 5.49. The maximum atomic E-state index is 12.3. The Bertz CT molecular complexity index is 818. The van der Waals surface area contributed by atoms with Gasteiger partial charge in [0.1, 0.15) is 11.5 Å². The van der Waals surface area contributed by atoms with Gasteiger partial charge in [-0.1, -0.05) is 41.5 Å². The minimum Gasteiger partial charge on any atom is -0.425 e. The number of carbonyl (C=O) groups is 2. The lowest BCUT2D eigenvalue weighted by molar-refractivity contribution is 0.0636. The van der Waals surface area contributed by atoms with E-state index >= 15 is 0 Å². The SMILES string of the molecule is CCC(C)(C)C1=c2sc3c(c2C(=O)O1)C(=O)OC=3C(C)(C)C. The van der Waals surface area contributed by atoms with Crippen molar-refractivity contribution < 1.29 is 19.1 Å². The van der Waals surface area contributed by atoms with Crippen molar-refractivity contribution >= 4 is 34.8 Å². The fourth-order valence-electron chi connectivity index (χ4n) is 2.62. The van der Waals surface area contributed by atoms with Gasteiger partial charge in [0.15, 0.2) is 0 Å². The second-order valence-electron chi connectivity index (χ2n) is 7.44. The van der Waals surface area contributed by atoms with Gasteiger partial charge in [0, 0.05) is 10.8 Å². The number of hydrogen-bond acceptors (Lipinski definition) is 5. The second-order valence-corrected chi connectivity index (χ2v) is 8.46. The molecule has 3 heterocycles. The summed E-state index contributed by atoms with van der Waals surface area (Å²) in [6, 6.07) is 0. The Morgan fingerprint density at radius 3 is 1.77 bits per heavy atom. The Hall–Kier alpha value is -1.62. The molecule has 0 aromatic carbocycles. The summed E-state index contributed by atoms with van der Waals surface area (Å²) in [7, 11) is 0. The van der Waals surface area contributed by atoms with Crippen LogP contribution in [0.4, 0.5) is 0 Å². The highest BCUT2D eigenvalue weighted by Crippen LogP contribution is 2.37. The molecule has 22 heavy (non-hydrogen) atoms. The van der Waals surface area contributed by atoms with Crippen LogP contribution in [0.3, 0.4) is 0 Å². The lowest BCUT2D eigenvalue weighted by Crippen LogP contribution is -2.19. The highest BCUT2D eigenvalue weighted by atomic mass is 32.1. The van der Waals surface area contributed by atoms with Crippen LogP contribution in [0.2, 0.25) is 0 Å². The Labute approximate surface area is 133 Å². The van der Waals surface area contributed by atoms with Crippen molar-refractivity contribution in [3.8, 4) is 0 Å². The standard InChI is InChI=1S/C17H20O4S/c1-7-17(5,6)13-11-9(15(19)21-13)8-10(22-11)12(16(2,3)4)20-14(8)18/h7H2,1-6H3. The van der Waals surface area contributed by atoms with E-state index in [2.05, 4.69) is 6.92 Å². The van der Waals surface area contributed by atoms with Crippen LogP contribution in [-0.2, 0) is 9.47 Å². The Balaban J connectivity index is 2.42. The first-order valence-corrected chi connectivity index (χ1v) is 8.26. The fraction of sp³-hybridized carbons (Fsp3) is 0.529. The molecule has 5 heteroatoms. The quantitative estimate of drug-likeness (QED) is 0.786. The number of ether oxygens (including phenoxy) is 2. The summed E-state index contributed by atoms with van der Waals surface area (Å²) in [5, 5.41) is 0. The first kappa shape index (κ1) is 15.3. The first-order chi connectivity index (χ1) is 10.1. The van der Waals surface area contributed by atoms with Gasteiger partial charge in [-0.25, -0.2) is 9.59 Å². The van der Waals surface area contributed by atoms with Crippen LogP contribution in [0.5, 0.6) is 0 Å². The molecule has 0 fully saturated rings. The van der Waals surface area contributed by atoms with E-state index in [1.807, 2.05) is 34.6 Å². The summed E-state index contributed by atoms with van der Waals surface area (Å²) in [6.45, 7) is 12.1. The van der Waals surface area contributed by atoms with Gasteiger partial charge < -0.3 is 9.47 Å².